The van der Waals surface area contributed by atoms with Crippen LogP contribution in [0.2, 0.25) is 0 Å². The molecule has 5 heteroatoms. The fourth-order valence-electron chi connectivity index (χ4n) is 2.37. The number of carbonyl (C=O) groups excluding carboxylic acids is 1. The summed E-state index contributed by atoms with van der Waals surface area (Å²) in [7, 11) is 1.77. The third-order valence-corrected chi connectivity index (χ3v) is 4.71. The maximum Gasteiger partial charge on any atom is 0.266 e. The van der Waals surface area contributed by atoms with E-state index >= 15 is 0 Å². The van der Waals surface area contributed by atoms with E-state index in [9.17, 15) is 4.79 Å². The topological polar surface area (TPSA) is 59.5 Å². The van der Waals surface area contributed by atoms with Crippen LogP contribution in [0.25, 0.3) is 0 Å². The molecule has 1 aliphatic carbocycles. The summed E-state index contributed by atoms with van der Waals surface area (Å²) in [5.41, 5.74) is 6.32. The summed E-state index contributed by atoms with van der Waals surface area (Å²) in [6.45, 7) is 2.69. The van der Waals surface area contributed by atoms with E-state index in [1.807, 2.05) is 17.5 Å². The molecular formula is C15H18N2O2S. The van der Waals surface area contributed by atoms with Crippen LogP contribution in [0.5, 0.6) is 0 Å². The van der Waals surface area contributed by atoms with Gasteiger partial charge < -0.3 is 15.1 Å². The Morgan fingerprint density at radius 1 is 1.50 bits per heavy atom. The molecule has 3 rings (SSSR count). The smallest absolute Gasteiger partial charge is 0.266 e. The maximum atomic E-state index is 12.3. The summed E-state index contributed by atoms with van der Waals surface area (Å²) in [6.07, 6.45) is 1.20. The van der Waals surface area contributed by atoms with Gasteiger partial charge in [-0.1, -0.05) is 6.92 Å². The third-order valence-electron chi connectivity index (χ3n) is 3.79. The van der Waals surface area contributed by atoms with E-state index < -0.39 is 0 Å². The highest BCUT2D eigenvalue weighted by Crippen LogP contribution is 2.47. The predicted molar refractivity (Wildman–Crippen MR) is 79.8 cm³/mol. The molecule has 2 aromatic rings. The Balaban J connectivity index is 1.66. The average molecular weight is 290 g/mol. The summed E-state index contributed by atoms with van der Waals surface area (Å²) in [6, 6.07) is 5.74. The van der Waals surface area contributed by atoms with Crippen molar-refractivity contribution in [1.82, 2.24) is 4.90 Å². The van der Waals surface area contributed by atoms with Crippen LogP contribution < -0.4 is 5.73 Å². The van der Waals surface area contributed by atoms with Crippen molar-refractivity contribution in [1.29, 1.82) is 0 Å². The zero-order chi connectivity index (χ0) is 14.3. The fraction of sp³-hybridized carbons (Fsp3) is 0.400. The van der Waals surface area contributed by atoms with Crippen molar-refractivity contribution in [2.45, 2.75) is 25.8 Å². The average Bonchev–Trinajstić information content (AvgIpc) is 2.81. The molecule has 0 aromatic carbocycles. The molecule has 1 fully saturated rings. The van der Waals surface area contributed by atoms with E-state index in [2.05, 4.69) is 6.92 Å². The largest absolute Gasteiger partial charge is 0.464 e. The number of anilines is 1. The lowest BCUT2D eigenvalue weighted by atomic mass is 10.3. The van der Waals surface area contributed by atoms with Crippen LogP contribution in [-0.4, -0.2) is 17.9 Å². The molecule has 1 saturated carbocycles. The van der Waals surface area contributed by atoms with Gasteiger partial charge in [-0.15, -0.1) is 11.3 Å². The van der Waals surface area contributed by atoms with Crippen LogP contribution in [0.3, 0.4) is 0 Å². The Hall–Kier alpha value is -1.75. The van der Waals surface area contributed by atoms with Crippen molar-refractivity contribution in [2.24, 2.45) is 5.92 Å². The van der Waals surface area contributed by atoms with Crippen molar-refractivity contribution >= 4 is 22.9 Å². The van der Waals surface area contributed by atoms with E-state index in [-0.39, 0.29) is 5.91 Å². The van der Waals surface area contributed by atoms with Gasteiger partial charge in [0.2, 0.25) is 0 Å². The molecule has 0 aliphatic heterocycles. The highest BCUT2D eigenvalue weighted by atomic mass is 32.1. The molecule has 1 amide bonds. The molecule has 4 nitrogen and oxygen atoms in total. The van der Waals surface area contributed by atoms with E-state index in [0.29, 0.717) is 23.0 Å². The number of nitrogens with zero attached hydrogens (tertiary/aromatic N) is 1. The number of hydrogen-bond acceptors (Lipinski definition) is 4. The van der Waals surface area contributed by atoms with E-state index in [1.54, 1.807) is 18.0 Å². The van der Waals surface area contributed by atoms with Gasteiger partial charge in [0.05, 0.1) is 12.2 Å². The lowest BCUT2D eigenvalue weighted by molar-refractivity contribution is 0.0780. The van der Waals surface area contributed by atoms with Gasteiger partial charge in [-0.05, 0) is 35.9 Å². The summed E-state index contributed by atoms with van der Waals surface area (Å²) in [4.78, 5) is 14.5. The molecule has 20 heavy (non-hydrogen) atoms. The first-order valence-corrected chi connectivity index (χ1v) is 7.61. The van der Waals surface area contributed by atoms with Crippen molar-refractivity contribution in [3.05, 3.63) is 40.0 Å². The number of nitrogen functional groups attached to an aromatic ring is 1. The molecule has 2 unspecified atom stereocenters. The minimum atomic E-state index is -0.0600. The monoisotopic (exact) mass is 290 g/mol. The summed E-state index contributed by atoms with van der Waals surface area (Å²) >= 11 is 1.37. The number of nitrogens with two attached hydrogens (primary N) is 1. The number of amides is 1. The quantitative estimate of drug-likeness (QED) is 0.939. The molecule has 1 aliphatic rings. The maximum absolute atomic E-state index is 12.3. The molecule has 0 bridgehead atoms. The Kier molecular flexibility index (Phi) is 3.30. The van der Waals surface area contributed by atoms with Crippen LogP contribution >= 0.6 is 11.3 Å². The predicted octanol–water partition coefficient (Wildman–Crippen LogP) is 3.32. The second kappa shape index (κ2) is 4.98. The molecule has 2 N–H and O–H groups in total. The second-order valence-corrected chi connectivity index (χ2v) is 6.41. The van der Waals surface area contributed by atoms with Crippen LogP contribution in [0.15, 0.2) is 28.0 Å². The standard InChI is InChI=1S/C15H18N2O2S/c1-9-7-11(9)13-4-3-10(19-13)8-17(2)15(18)14-12(16)5-6-20-14/h3-6,9,11H,7-8,16H2,1-2H3. The van der Waals surface area contributed by atoms with Gasteiger partial charge in [0.1, 0.15) is 16.4 Å². The zero-order valence-corrected chi connectivity index (χ0v) is 12.4. The highest BCUT2D eigenvalue weighted by molar-refractivity contribution is 7.12. The van der Waals surface area contributed by atoms with Gasteiger partial charge in [-0.25, -0.2) is 0 Å². The number of carbonyl (C=O) groups is 1. The van der Waals surface area contributed by atoms with Crippen LogP contribution in [0.1, 0.15) is 40.5 Å². The van der Waals surface area contributed by atoms with Crippen molar-refractivity contribution in [3.63, 3.8) is 0 Å². The van der Waals surface area contributed by atoms with Gasteiger partial charge in [-0.3, -0.25) is 4.79 Å². The van der Waals surface area contributed by atoms with Gasteiger partial charge in [0, 0.05) is 13.0 Å². The number of rotatable bonds is 4. The van der Waals surface area contributed by atoms with E-state index in [4.69, 9.17) is 10.2 Å². The van der Waals surface area contributed by atoms with E-state index in [1.165, 1.54) is 17.8 Å². The van der Waals surface area contributed by atoms with Gasteiger partial charge in [0.25, 0.3) is 5.91 Å². The molecule has 2 aromatic heterocycles. The van der Waals surface area contributed by atoms with Gasteiger partial charge in [-0.2, -0.15) is 0 Å². The number of hydrogen-bond donors (Lipinski definition) is 1. The first kappa shape index (κ1) is 13.2. The Bertz CT molecular complexity index is 631. The SMILES string of the molecule is CC1CC1c1ccc(CN(C)C(=O)c2sccc2N)o1. The first-order valence-electron chi connectivity index (χ1n) is 6.73. The highest BCUT2D eigenvalue weighted by Gasteiger charge is 2.36. The lowest BCUT2D eigenvalue weighted by Gasteiger charge is -2.15. The Morgan fingerprint density at radius 3 is 2.85 bits per heavy atom. The molecular weight excluding hydrogens is 272 g/mol. The lowest BCUT2D eigenvalue weighted by Crippen LogP contribution is -2.25. The van der Waals surface area contributed by atoms with Crippen molar-refractivity contribution < 1.29 is 9.21 Å². The number of furan rings is 1. The van der Waals surface area contributed by atoms with Crippen LogP contribution in [-0.2, 0) is 6.54 Å². The second-order valence-electron chi connectivity index (χ2n) is 5.49. The molecule has 2 heterocycles. The van der Waals surface area contributed by atoms with Crippen LogP contribution in [0, 0.1) is 5.92 Å². The van der Waals surface area contributed by atoms with Crippen LogP contribution in [0.4, 0.5) is 5.69 Å². The molecule has 2 atom stereocenters. The summed E-state index contributed by atoms with van der Waals surface area (Å²) in [5, 5.41) is 1.83. The van der Waals surface area contributed by atoms with Gasteiger partial charge >= 0.3 is 0 Å². The third kappa shape index (κ3) is 2.45. The Morgan fingerprint density at radius 2 is 2.25 bits per heavy atom. The summed E-state index contributed by atoms with van der Waals surface area (Å²) in [5.74, 6) is 3.10. The number of thiophene rings is 1. The van der Waals surface area contributed by atoms with Crippen molar-refractivity contribution in [3.8, 4) is 0 Å². The fourth-order valence-corrected chi connectivity index (χ4v) is 3.18. The normalized spacial score (nSPS) is 20.9. The summed E-state index contributed by atoms with van der Waals surface area (Å²) < 4.78 is 5.82. The van der Waals surface area contributed by atoms with Crippen molar-refractivity contribution in [2.75, 3.05) is 12.8 Å². The molecule has 0 spiro atoms. The molecule has 0 radical (unpaired) electrons. The minimum Gasteiger partial charge on any atom is -0.464 e. The zero-order valence-electron chi connectivity index (χ0n) is 11.6. The molecule has 106 valence electrons. The minimum absolute atomic E-state index is 0.0600. The first-order chi connectivity index (χ1) is 9.56. The van der Waals surface area contributed by atoms with Gasteiger partial charge in [0.15, 0.2) is 0 Å². The van der Waals surface area contributed by atoms with E-state index in [0.717, 1.165) is 17.4 Å². The Labute approximate surface area is 122 Å². The molecule has 0 saturated heterocycles.